The van der Waals surface area contributed by atoms with E-state index in [0.29, 0.717) is 30.2 Å². The third-order valence-corrected chi connectivity index (χ3v) is 5.44. The molecule has 1 aromatic rings. The van der Waals surface area contributed by atoms with Crippen molar-refractivity contribution >= 4 is 17.7 Å². The Kier molecular flexibility index (Phi) is 8.97. The standard InChI is InChI=1S/C19H29F2N3O2S/c1-4-22-19(24-14-7-8-15(11-14)27-3)23-12-13-6-9-16(26-18(20)21)17(10-13)25-5-2/h6,9-10,14-15,18H,4-5,7-8,11-12H2,1-3H3,(H2,22,23,24). The van der Waals surface area contributed by atoms with Crippen LogP contribution in [-0.4, -0.2) is 43.3 Å². The number of nitrogens with one attached hydrogen (secondary N) is 2. The van der Waals surface area contributed by atoms with Crippen molar-refractivity contribution in [3.63, 3.8) is 0 Å². The van der Waals surface area contributed by atoms with Crippen LogP contribution < -0.4 is 20.1 Å². The lowest BCUT2D eigenvalue weighted by molar-refractivity contribution is -0.0514. The fourth-order valence-electron chi connectivity index (χ4n) is 3.08. The minimum absolute atomic E-state index is 0.0404. The van der Waals surface area contributed by atoms with Gasteiger partial charge in [0.05, 0.1) is 13.2 Å². The number of benzene rings is 1. The van der Waals surface area contributed by atoms with Gasteiger partial charge in [-0.15, -0.1) is 0 Å². The summed E-state index contributed by atoms with van der Waals surface area (Å²) in [4.78, 5) is 4.63. The Hall–Kier alpha value is -1.70. The molecule has 27 heavy (non-hydrogen) atoms. The van der Waals surface area contributed by atoms with Gasteiger partial charge in [0.15, 0.2) is 17.5 Å². The third kappa shape index (κ3) is 7.08. The second kappa shape index (κ2) is 11.2. The van der Waals surface area contributed by atoms with Crippen LogP contribution in [0.1, 0.15) is 38.7 Å². The molecule has 2 rings (SSSR count). The van der Waals surface area contributed by atoms with E-state index in [-0.39, 0.29) is 5.75 Å². The van der Waals surface area contributed by atoms with Crippen molar-refractivity contribution < 1.29 is 18.3 Å². The van der Waals surface area contributed by atoms with Crippen molar-refractivity contribution in [3.8, 4) is 11.5 Å². The fraction of sp³-hybridized carbons (Fsp3) is 0.632. The van der Waals surface area contributed by atoms with Crippen molar-refractivity contribution in [1.82, 2.24) is 10.6 Å². The van der Waals surface area contributed by atoms with Crippen LogP contribution in [0.2, 0.25) is 0 Å². The molecule has 1 fully saturated rings. The highest BCUT2D eigenvalue weighted by molar-refractivity contribution is 7.99. The van der Waals surface area contributed by atoms with E-state index < -0.39 is 6.61 Å². The summed E-state index contributed by atoms with van der Waals surface area (Å²) in [6.07, 6.45) is 5.66. The van der Waals surface area contributed by atoms with Gasteiger partial charge in [0.1, 0.15) is 0 Å². The van der Waals surface area contributed by atoms with Gasteiger partial charge >= 0.3 is 6.61 Å². The molecule has 0 aromatic heterocycles. The normalized spacial score (nSPS) is 20.0. The summed E-state index contributed by atoms with van der Waals surface area (Å²) >= 11 is 1.92. The number of nitrogens with zero attached hydrogens (tertiary/aromatic N) is 1. The first-order valence-electron chi connectivity index (χ1n) is 9.33. The molecule has 1 aliphatic rings. The molecule has 2 atom stereocenters. The van der Waals surface area contributed by atoms with Gasteiger partial charge in [-0.2, -0.15) is 20.5 Å². The topological polar surface area (TPSA) is 54.9 Å². The molecule has 1 aromatic carbocycles. The number of hydrogen-bond acceptors (Lipinski definition) is 4. The first-order valence-corrected chi connectivity index (χ1v) is 10.6. The van der Waals surface area contributed by atoms with Crippen LogP contribution in [-0.2, 0) is 6.54 Å². The quantitative estimate of drug-likeness (QED) is 0.483. The number of halogens is 2. The number of alkyl halides is 2. The molecular formula is C19H29F2N3O2S. The second-order valence-corrected chi connectivity index (χ2v) is 7.44. The monoisotopic (exact) mass is 401 g/mol. The van der Waals surface area contributed by atoms with E-state index >= 15 is 0 Å². The van der Waals surface area contributed by atoms with Crippen molar-refractivity contribution in [2.45, 2.75) is 57.6 Å². The highest BCUT2D eigenvalue weighted by Crippen LogP contribution is 2.30. The smallest absolute Gasteiger partial charge is 0.387 e. The zero-order valence-electron chi connectivity index (χ0n) is 16.1. The lowest BCUT2D eigenvalue weighted by Gasteiger charge is -2.17. The average molecular weight is 402 g/mol. The van der Waals surface area contributed by atoms with Gasteiger partial charge in [-0.25, -0.2) is 4.99 Å². The Morgan fingerprint density at radius 1 is 1.30 bits per heavy atom. The molecule has 1 saturated carbocycles. The molecule has 0 saturated heterocycles. The SMILES string of the molecule is CCNC(=NCc1ccc(OC(F)F)c(OCC)c1)NC1CCC(SC)C1. The van der Waals surface area contributed by atoms with Gasteiger partial charge < -0.3 is 20.1 Å². The summed E-state index contributed by atoms with van der Waals surface area (Å²) in [6.45, 7) is 2.51. The maximum Gasteiger partial charge on any atom is 0.387 e. The zero-order valence-corrected chi connectivity index (χ0v) is 17.0. The van der Waals surface area contributed by atoms with Crippen LogP contribution in [0, 0.1) is 0 Å². The first kappa shape index (κ1) is 21.6. The summed E-state index contributed by atoms with van der Waals surface area (Å²) in [6, 6.07) is 5.36. The van der Waals surface area contributed by atoms with Crippen LogP contribution in [0.5, 0.6) is 11.5 Å². The van der Waals surface area contributed by atoms with E-state index in [1.807, 2.05) is 18.7 Å². The largest absolute Gasteiger partial charge is 0.490 e. The molecule has 0 amide bonds. The summed E-state index contributed by atoms with van der Waals surface area (Å²) < 4.78 is 34.9. The van der Waals surface area contributed by atoms with E-state index in [1.54, 1.807) is 19.1 Å². The van der Waals surface area contributed by atoms with E-state index in [0.717, 1.165) is 30.9 Å². The summed E-state index contributed by atoms with van der Waals surface area (Å²) in [7, 11) is 0. The van der Waals surface area contributed by atoms with Crippen molar-refractivity contribution in [1.29, 1.82) is 0 Å². The Morgan fingerprint density at radius 2 is 2.11 bits per heavy atom. The van der Waals surface area contributed by atoms with Gasteiger partial charge in [-0.05, 0) is 57.1 Å². The maximum atomic E-state index is 12.5. The Labute approximate surface area is 164 Å². The van der Waals surface area contributed by atoms with E-state index in [2.05, 4.69) is 26.6 Å². The van der Waals surface area contributed by atoms with Gasteiger partial charge in [0.2, 0.25) is 0 Å². The molecule has 5 nitrogen and oxygen atoms in total. The summed E-state index contributed by atoms with van der Waals surface area (Å²) in [5.41, 5.74) is 0.866. The first-order chi connectivity index (χ1) is 13.0. The highest BCUT2D eigenvalue weighted by Gasteiger charge is 2.24. The lowest BCUT2D eigenvalue weighted by Crippen LogP contribution is -2.42. The van der Waals surface area contributed by atoms with E-state index in [1.165, 1.54) is 12.5 Å². The molecule has 0 bridgehead atoms. The zero-order chi connectivity index (χ0) is 19.6. The van der Waals surface area contributed by atoms with Gasteiger partial charge in [0.25, 0.3) is 0 Å². The number of guanidine groups is 1. The number of aliphatic imine (C=N–C) groups is 1. The lowest BCUT2D eigenvalue weighted by atomic mass is 10.2. The fourth-order valence-corrected chi connectivity index (χ4v) is 3.88. The van der Waals surface area contributed by atoms with E-state index in [4.69, 9.17) is 4.74 Å². The molecule has 0 aliphatic heterocycles. The molecule has 152 valence electrons. The van der Waals surface area contributed by atoms with Crippen molar-refractivity contribution in [3.05, 3.63) is 23.8 Å². The minimum atomic E-state index is -2.88. The van der Waals surface area contributed by atoms with Crippen molar-refractivity contribution in [2.75, 3.05) is 19.4 Å². The van der Waals surface area contributed by atoms with Crippen LogP contribution in [0.4, 0.5) is 8.78 Å². The maximum absolute atomic E-state index is 12.5. The number of rotatable bonds is 9. The van der Waals surface area contributed by atoms with Crippen LogP contribution >= 0.6 is 11.8 Å². The van der Waals surface area contributed by atoms with Crippen LogP contribution in [0.3, 0.4) is 0 Å². The predicted octanol–water partition coefficient (Wildman–Crippen LogP) is 4.03. The van der Waals surface area contributed by atoms with Crippen molar-refractivity contribution in [2.24, 2.45) is 4.99 Å². The number of ether oxygens (including phenoxy) is 2. The number of thioether (sulfide) groups is 1. The molecule has 2 unspecified atom stereocenters. The Bertz CT molecular complexity index is 617. The molecule has 2 N–H and O–H groups in total. The number of hydrogen-bond donors (Lipinski definition) is 2. The van der Waals surface area contributed by atoms with Gasteiger partial charge in [-0.1, -0.05) is 6.07 Å². The van der Waals surface area contributed by atoms with Crippen LogP contribution in [0.25, 0.3) is 0 Å². The Balaban J connectivity index is 2.04. The predicted molar refractivity (Wildman–Crippen MR) is 107 cm³/mol. The minimum Gasteiger partial charge on any atom is -0.490 e. The summed E-state index contributed by atoms with van der Waals surface area (Å²) in [5, 5.41) is 7.48. The average Bonchev–Trinajstić information content (AvgIpc) is 3.09. The Morgan fingerprint density at radius 3 is 2.74 bits per heavy atom. The highest BCUT2D eigenvalue weighted by atomic mass is 32.2. The molecule has 8 heteroatoms. The summed E-state index contributed by atoms with van der Waals surface area (Å²) in [5.74, 6) is 1.12. The van der Waals surface area contributed by atoms with Gasteiger partial charge in [-0.3, -0.25) is 0 Å². The molecule has 0 radical (unpaired) electrons. The van der Waals surface area contributed by atoms with Crippen LogP contribution in [0.15, 0.2) is 23.2 Å². The second-order valence-electron chi connectivity index (χ2n) is 6.30. The van der Waals surface area contributed by atoms with Gasteiger partial charge in [0, 0.05) is 17.8 Å². The molecule has 0 spiro atoms. The molecular weight excluding hydrogens is 372 g/mol. The van der Waals surface area contributed by atoms with E-state index in [9.17, 15) is 8.78 Å². The molecule has 0 heterocycles. The third-order valence-electron chi connectivity index (χ3n) is 4.35. The molecule has 1 aliphatic carbocycles.